The molecule has 1 fully saturated rings. The Morgan fingerprint density at radius 1 is 1.15 bits per heavy atom. The lowest BCUT2D eigenvalue weighted by atomic mass is 9.96. The van der Waals surface area contributed by atoms with Crippen LogP contribution >= 0.6 is 0 Å². The van der Waals surface area contributed by atoms with Gasteiger partial charge in [0.15, 0.2) is 0 Å². The molecule has 3 nitrogen and oxygen atoms in total. The summed E-state index contributed by atoms with van der Waals surface area (Å²) in [6, 6.07) is 8.33. The van der Waals surface area contributed by atoms with Gasteiger partial charge in [-0.1, -0.05) is 31.2 Å². The van der Waals surface area contributed by atoms with Gasteiger partial charge in [-0.25, -0.2) is 0 Å². The van der Waals surface area contributed by atoms with Crippen LogP contribution in [-0.2, 0) is 13.2 Å². The lowest BCUT2D eigenvalue weighted by Crippen LogP contribution is -2.37. The fourth-order valence-corrected chi connectivity index (χ4v) is 2.84. The van der Waals surface area contributed by atoms with Crippen LogP contribution < -0.4 is 5.32 Å². The van der Waals surface area contributed by atoms with Crippen LogP contribution in [0.3, 0.4) is 0 Å². The highest BCUT2D eigenvalue weighted by molar-refractivity contribution is 5.21. The molecule has 2 rings (SSSR count). The Labute approximate surface area is 123 Å². The predicted octanol–water partition coefficient (Wildman–Crippen LogP) is 2.39. The second kappa shape index (κ2) is 8.40. The zero-order valence-corrected chi connectivity index (χ0v) is 12.6. The van der Waals surface area contributed by atoms with Gasteiger partial charge in [-0.2, -0.15) is 0 Å². The van der Waals surface area contributed by atoms with Crippen LogP contribution in [0.4, 0.5) is 0 Å². The summed E-state index contributed by atoms with van der Waals surface area (Å²) < 4.78 is 0. The molecule has 0 radical (unpaired) electrons. The Balaban J connectivity index is 1.70. The van der Waals surface area contributed by atoms with Gasteiger partial charge in [-0.15, -0.1) is 0 Å². The van der Waals surface area contributed by atoms with E-state index in [-0.39, 0.29) is 6.61 Å². The van der Waals surface area contributed by atoms with E-state index in [0.717, 1.165) is 24.6 Å². The Hall–Kier alpha value is -0.900. The van der Waals surface area contributed by atoms with Crippen molar-refractivity contribution in [2.75, 3.05) is 26.2 Å². The SMILES string of the molecule is CCCNCC1CCN(Cc2ccc(CO)cc2)CC1. The minimum Gasteiger partial charge on any atom is -0.392 e. The van der Waals surface area contributed by atoms with E-state index in [1.165, 1.54) is 44.5 Å². The number of nitrogens with one attached hydrogen (secondary N) is 1. The predicted molar refractivity (Wildman–Crippen MR) is 83.5 cm³/mol. The maximum absolute atomic E-state index is 9.05. The molecule has 0 aromatic heterocycles. The number of aliphatic hydroxyl groups is 1. The van der Waals surface area contributed by atoms with Crippen LogP contribution in [0.25, 0.3) is 0 Å². The Morgan fingerprint density at radius 3 is 2.40 bits per heavy atom. The summed E-state index contributed by atoms with van der Waals surface area (Å²) in [5, 5.41) is 12.6. The van der Waals surface area contributed by atoms with Crippen LogP contribution in [0.2, 0.25) is 0 Å². The molecule has 1 heterocycles. The van der Waals surface area contributed by atoms with E-state index in [1.807, 2.05) is 12.1 Å². The number of piperidine rings is 1. The number of benzene rings is 1. The first-order valence-corrected chi connectivity index (χ1v) is 7.93. The van der Waals surface area contributed by atoms with Crippen molar-refractivity contribution in [3.63, 3.8) is 0 Å². The van der Waals surface area contributed by atoms with Crippen LogP contribution in [0, 0.1) is 5.92 Å². The molecule has 0 bridgehead atoms. The van der Waals surface area contributed by atoms with Crippen molar-refractivity contribution >= 4 is 0 Å². The van der Waals surface area contributed by atoms with Gasteiger partial charge < -0.3 is 10.4 Å². The molecule has 0 atom stereocenters. The molecule has 1 aliphatic rings. The lowest BCUT2D eigenvalue weighted by molar-refractivity contribution is 0.175. The summed E-state index contributed by atoms with van der Waals surface area (Å²) in [7, 11) is 0. The number of rotatable bonds is 7. The molecule has 0 spiro atoms. The molecule has 3 heteroatoms. The summed E-state index contributed by atoms with van der Waals surface area (Å²) in [4.78, 5) is 2.55. The van der Waals surface area contributed by atoms with Gasteiger partial charge in [-0.3, -0.25) is 4.90 Å². The fourth-order valence-electron chi connectivity index (χ4n) is 2.84. The van der Waals surface area contributed by atoms with Crippen molar-refractivity contribution in [3.8, 4) is 0 Å². The molecular weight excluding hydrogens is 248 g/mol. The maximum atomic E-state index is 9.05. The standard InChI is InChI=1S/C17H28N2O/c1-2-9-18-12-15-7-10-19(11-8-15)13-16-3-5-17(14-20)6-4-16/h3-6,15,18,20H,2,7-14H2,1H3. The summed E-state index contributed by atoms with van der Waals surface area (Å²) in [5.41, 5.74) is 2.35. The molecule has 112 valence electrons. The summed E-state index contributed by atoms with van der Waals surface area (Å²) in [5.74, 6) is 0.856. The highest BCUT2D eigenvalue weighted by Gasteiger charge is 2.18. The van der Waals surface area contributed by atoms with E-state index in [9.17, 15) is 0 Å². The fraction of sp³-hybridized carbons (Fsp3) is 0.647. The minimum absolute atomic E-state index is 0.135. The average molecular weight is 276 g/mol. The second-order valence-electron chi connectivity index (χ2n) is 5.90. The maximum Gasteiger partial charge on any atom is 0.0681 e. The third-order valence-electron chi connectivity index (χ3n) is 4.18. The molecule has 0 amide bonds. The summed E-state index contributed by atoms with van der Waals surface area (Å²) in [6.07, 6.45) is 3.85. The van der Waals surface area contributed by atoms with E-state index >= 15 is 0 Å². The zero-order chi connectivity index (χ0) is 14.2. The number of hydrogen-bond acceptors (Lipinski definition) is 3. The average Bonchev–Trinajstić information content (AvgIpc) is 2.50. The number of nitrogens with zero attached hydrogens (tertiary/aromatic N) is 1. The second-order valence-corrected chi connectivity index (χ2v) is 5.90. The normalized spacial score (nSPS) is 17.5. The van der Waals surface area contributed by atoms with Crippen molar-refractivity contribution in [2.45, 2.75) is 39.3 Å². The molecule has 0 saturated carbocycles. The molecule has 2 N–H and O–H groups in total. The molecule has 0 unspecified atom stereocenters. The topological polar surface area (TPSA) is 35.5 Å². The molecule has 0 aliphatic carbocycles. The van der Waals surface area contributed by atoms with Crippen LogP contribution in [-0.4, -0.2) is 36.2 Å². The van der Waals surface area contributed by atoms with Gasteiger partial charge in [0.1, 0.15) is 0 Å². The Morgan fingerprint density at radius 2 is 1.80 bits per heavy atom. The molecule has 1 aromatic carbocycles. The van der Waals surface area contributed by atoms with Gasteiger partial charge in [0.25, 0.3) is 0 Å². The number of aliphatic hydroxyl groups excluding tert-OH is 1. The first-order chi connectivity index (χ1) is 9.81. The lowest BCUT2D eigenvalue weighted by Gasteiger charge is -2.32. The van der Waals surface area contributed by atoms with Gasteiger partial charge in [-0.05, 0) is 62.5 Å². The zero-order valence-electron chi connectivity index (χ0n) is 12.6. The van der Waals surface area contributed by atoms with Crippen molar-refractivity contribution in [1.29, 1.82) is 0 Å². The minimum atomic E-state index is 0.135. The molecule has 20 heavy (non-hydrogen) atoms. The van der Waals surface area contributed by atoms with E-state index < -0.39 is 0 Å². The van der Waals surface area contributed by atoms with Crippen LogP contribution in [0.15, 0.2) is 24.3 Å². The monoisotopic (exact) mass is 276 g/mol. The summed E-state index contributed by atoms with van der Waals surface area (Å²) >= 11 is 0. The molecule has 1 aromatic rings. The smallest absolute Gasteiger partial charge is 0.0681 e. The van der Waals surface area contributed by atoms with Crippen molar-refractivity contribution in [1.82, 2.24) is 10.2 Å². The van der Waals surface area contributed by atoms with Crippen molar-refractivity contribution in [2.24, 2.45) is 5.92 Å². The van der Waals surface area contributed by atoms with Crippen LogP contribution in [0.1, 0.15) is 37.3 Å². The highest BCUT2D eigenvalue weighted by atomic mass is 16.3. The Kier molecular flexibility index (Phi) is 6.51. The molecule has 1 saturated heterocycles. The first-order valence-electron chi connectivity index (χ1n) is 7.93. The molecule has 1 aliphatic heterocycles. The highest BCUT2D eigenvalue weighted by Crippen LogP contribution is 2.18. The van der Waals surface area contributed by atoms with Crippen molar-refractivity contribution < 1.29 is 5.11 Å². The third-order valence-corrected chi connectivity index (χ3v) is 4.18. The van der Waals surface area contributed by atoms with E-state index in [4.69, 9.17) is 5.11 Å². The first kappa shape index (κ1) is 15.5. The van der Waals surface area contributed by atoms with Gasteiger partial charge in [0.05, 0.1) is 6.61 Å². The van der Waals surface area contributed by atoms with Crippen LogP contribution in [0.5, 0.6) is 0 Å². The quantitative estimate of drug-likeness (QED) is 0.751. The molecular formula is C17H28N2O. The van der Waals surface area contributed by atoms with Gasteiger partial charge in [0, 0.05) is 6.54 Å². The van der Waals surface area contributed by atoms with Gasteiger partial charge in [0.2, 0.25) is 0 Å². The van der Waals surface area contributed by atoms with E-state index in [0.29, 0.717) is 0 Å². The summed E-state index contributed by atoms with van der Waals surface area (Å²) in [6.45, 7) is 8.15. The number of hydrogen-bond donors (Lipinski definition) is 2. The van der Waals surface area contributed by atoms with Gasteiger partial charge >= 0.3 is 0 Å². The van der Waals surface area contributed by atoms with Crippen molar-refractivity contribution in [3.05, 3.63) is 35.4 Å². The Bertz CT molecular complexity index is 369. The largest absolute Gasteiger partial charge is 0.392 e. The van der Waals surface area contributed by atoms with E-state index in [1.54, 1.807) is 0 Å². The number of likely N-dealkylation sites (tertiary alicyclic amines) is 1. The third kappa shape index (κ3) is 4.89. The van der Waals surface area contributed by atoms with E-state index in [2.05, 4.69) is 29.3 Å².